The van der Waals surface area contributed by atoms with E-state index in [1.54, 1.807) is 0 Å². The zero-order valence-electron chi connectivity index (χ0n) is 8.35. The van der Waals surface area contributed by atoms with Crippen molar-refractivity contribution in [1.29, 1.82) is 0 Å². The van der Waals surface area contributed by atoms with Crippen molar-refractivity contribution in [2.75, 3.05) is 0 Å². The van der Waals surface area contributed by atoms with E-state index < -0.39 is 0 Å². The number of aryl methyl sites for hydroxylation is 3. The smallest absolute Gasteiger partial charge is 0.0377 e. The Morgan fingerprint density at radius 3 is 2.69 bits per heavy atom. The molecule has 68 valence electrons. The molecular weight excluding hydrogens is 176 g/mol. The van der Waals surface area contributed by atoms with Crippen LogP contribution in [-0.4, -0.2) is 0 Å². The third kappa shape index (κ3) is 1.28. The van der Waals surface area contributed by atoms with E-state index in [-0.39, 0.29) is 0 Å². The average molecular weight is 190 g/mol. The first-order chi connectivity index (χ1) is 6.24. The predicted molar refractivity (Wildman–Crippen MR) is 60.7 cm³/mol. The normalized spacial score (nSPS) is 11.0. The van der Waals surface area contributed by atoms with Crippen molar-refractivity contribution in [3.8, 4) is 0 Å². The summed E-state index contributed by atoms with van der Waals surface area (Å²) >= 11 is 1.93. The number of hydrogen-bond acceptors (Lipinski definition) is 1. The van der Waals surface area contributed by atoms with Gasteiger partial charge in [-0.1, -0.05) is 25.1 Å². The van der Waals surface area contributed by atoms with Crippen LogP contribution in [-0.2, 0) is 6.42 Å². The van der Waals surface area contributed by atoms with Crippen LogP contribution in [0.15, 0.2) is 18.2 Å². The molecule has 0 amide bonds. The third-order valence-corrected chi connectivity index (χ3v) is 3.87. The molecule has 13 heavy (non-hydrogen) atoms. The van der Waals surface area contributed by atoms with Crippen LogP contribution in [0, 0.1) is 13.8 Å². The second kappa shape index (κ2) is 3.15. The van der Waals surface area contributed by atoms with Gasteiger partial charge in [-0.25, -0.2) is 0 Å². The zero-order chi connectivity index (χ0) is 9.42. The molecule has 0 saturated carbocycles. The molecule has 0 saturated heterocycles. The van der Waals surface area contributed by atoms with Crippen LogP contribution in [0.5, 0.6) is 0 Å². The minimum atomic E-state index is 1.15. The van der Waals surface area contributed by atoms with Crippen LogP contribution in [0.2, 0.25) is 0 Å². The van der Waals surface area contributed by atoms with Crippen molar-refractivity contribution in [2.24, 2.45) is 0 Å². The second-order valence-electron chi connectivity index (χ2n) is 3.44. The fourth-order valence-electron chi connectivity index (χ4n) is 1.87. The first-order valence-electron chi connectivity index (χ1n) is 4.71. The molecule has 1 heterocycles. The zero-order valence-corrected chi connectivity index (χ0v) is 9.16. The molecular formula is C12H14S. The fourth-order valence-corrected chi connectivity index (χ4v) is 3.08. The highest BCUT2D eigenvalue weighted by Crippen LogP contribution is 2.32. The van der Waals surface area contributed by atoms with Gasteiger partial charge < -0.3 is 0 Å². The van der Waals surface area contributed by atoms with Gasteiger partial charge in [0.15, 0.2) is 0 Å². The molecule has 2 aromatic rings. The van der Waals surface area contributed by atoms with Crippen molar-refractivity contribution in [2.45, 2.75) is 27.2 Å². The van der Waals surface area contributed by atoms with Gasteiger partial charge >= 0.3 is 0 Å². The Hall–Kier alpha value is -0.820. The highest BCUT2D eigenvalue weighted by molar-refractivity contribution is 7.19. The van der Waals surface area contributed by atoms with Gasteiger partial charge in [-0.05, 0) is 36.8 Å². The lowest BCUT2D eigenvalue weighted by molar-refractivity contribution is 1.15. The van der Waals surface area contributed by atoms with E-state index in [1.807, 2.05) is 11.3 Å². The monoisotopic (exact) mass is 190 g/mol. The Bertz CT molecular complexity index is 438. The summed E-state index contributed by atoms with van der Waals surface area (Å²) in [6.45, 7) is 6.65. The quantitative estimate of drug-likeness (QED) is 0.635. The van der Waals surface area contributed by atoms with Crippen molar-refractivity contribution in [3.05, 3.63) is 34.2 Å². The molecule has 0 N–H and O–H groups in total. The average Bonchev–Trinajstić information content (AvgIpc) is 2.43. The molecule has 0 unspecified atom stereocenters. The Morgan fingerprint density at radius 2 is 2.00 bits per heavy atom. The number of benzene rings is 1. The molecule has 1 aromatic heterocycles. The highest BCUT2D eigenvalue weighted by Gasteiger charge is 2.07. The second-order valence-corrected chi connectivity index (χ2v) is 4.67. The largest absolute Gasteiger partial charge is 0.140 e. The Balaban J connectivity index is 2.86. The van der Waals surface area contributed by atoms with Crippen LogP contribution in [0.3, 0.4) is 0 Å². The van der Waals surface area contributed by atoms with Crippen LogP contribution < -0.4 is 0 Å². The molecule has 0 spiro atoms. The first kappa shape index (κ1) is 8.76. The lowest BCUT2D eigenvalue weighted by atomic mass is 10.1. The number of rotatable bonds is 1. The maximum atomic E-state index is 2.24. The van der Waals surface area contributed by atoms with E-state index in [9.17, 15) is 0 Å². The van der Waals surface area contributed by atoms with Crippen LogP contribution in [0.1, 0.15) is 22.9 Å². The van der Waals surface area contributed by atoms with Gasteiger partial charge in [-0.2, -0.15) is 0 Å². The van der Waals surface area contributed by atoms with E-state index in [4.69, 9.17) is 0 Å². The van der Waals surface area contributed by atoms with Crippen molar-refractivity contribution in [3.63, 3.8) is 0 Å². The lowest BCUT2D eigenvalue weighted by Crippen LogP contribution is -1.79. The predicted octanol–water partition coefficient (Wildman–Crippen LogP) is 4.08. The van der Waals surface area contributed by atoms with Crippen LogP contribution in [0.4, 0.5) is 0 Å². The van der Waals surface area contributed by atoms with Gasteiger partial charge in [0.25, 0.3) is 0 Å². The molecule has 0 nitrogen and oxygen atoms in total. The highest BCUT2D eigenvalue weighted by atomic mass is 32.1. The van der Waals surface area contributed by atoms with Gasteiger partial charge in [-0.3, -0.25) is 0 Å². The molecule has 0 aliphatic heterocycles. The summed E-state index contributed by atoms with van der Waals surface area (Å²) < 4.78 is 1.47. The van der Waals surface area contributed by atoms with Gasteiger partial charge in [-0.15, -0.1) is 11.3 Å². The topological polar surface area (TPSA) is 0 Å². The fraction of sp³-hybridized carbons (Fsp3) is 0.333. The summed E-state index contributed by atoms with van der Waals surface area (Å²) in [5, 5.41) is 1.46. The van der Waals surface area contributed by atoms with Crippen molar-refractivity contribution in [1.82, 2.24) is 0 Å². The summed E-state index contributed by atoms with van der Waals surface area (Å²) in [6.07, 6.45) is 1.15. The number of thiophene rings is 1. The minimum absolute atomic E-state index is 1.15. The van der Waals surface area contributed by atoms with Crippen LogP contribution >= 0.6 is 11.3 Å². The number of hydrogen-bond donors (Lipinski definition) is 0. The SMILES string of the molecule is CCc1c(C)sc2c(C)cccc12. The maximum Gasteiger partial charge on any atom is 0.0377 e. The van der Waals surface area contributed by atoms with Gasteiger partial charge in [0.05, 0.1) is 0 Å². The Kier molecular flexibility index (Phi) is 2.12. The van der Waals surface area contributed by atoms with Crippen molar-refractivity contribution >= 4 is 21.4 Å². The molecule has 1 aromatic carbocycles. The summed E-state index contributed by atoms with van der Waals surface area (Å²) in [4.78, 5) is 1.48. The van der Waals surface area contributed by atoms with Gasteiger partial charge in [0.1, 0.15) is 0 Å². The molecule has 0 fully saturated rings. The van der Waals surface area contributed by atoms with Gasteiger partial charge in [0.2, 0.25) is 0 Å². The summed E-state index contributed by atoms with van der Waals surface area (Å²) in [6, 6.07) is 6.59. The lowest BCUT2D eigenvalue weighted by Gasteiger charge is -1.96. The van der Waals surface area contributed by atoms with E-state index in [0.717, 1.165) is 6.42 Å². The molecule has 0 bridgehead atoms. The van der Waals surface area contributed by atoms with E-state index >= 15 is 0 Å². The van der Waals surface area contributed by atoms with E-state index in [1.165, 1.54) is 26.1 Å². The third-order valence-electron chi connectivity index (χ3n) is 2.57. The molecule has 0 atom stereocenters. The van der Waals surface area contributed by atoms with Gasteiger partial charge in [0, 0.05) is 9.58 Å². The minimum Gasteiger partial charge on any atom is -0.140 e. The number of fused-ring (bicyclic) bond motifs is 1. The molecule has 0 aliphatic carbocycles. The molecule has 1 heteroatoms. The van der Waals surface area contributed by atoms with Crippen molar-refractivity contribution < 1.29 is 0 Å². The molecule has 0 radical (unpaired) electrons. The molecule has 0 aliphatic rings. The maximum absolute atomic E-state index is 2.24. The summed E-state index contributed by atoms with van der Waals surface area (Å²) in [5.41, 5.74) is 2.94. The summed E-state index contributed by atoms with van der Waals surface area (Å²) in [5.74, 6) is 0. The van der Waals surface area contributed by atoms with Crippen LogP contribution in [0.25, 0.3) is 10.1 Å². The Morgan fingerprint density at radius 1 is 1.23 bits per heavy atom. The standard InChI is InChI=1S/C12H14S/c1-4-10-9(3)13-12-8(2)6-5-7-11(10)12/h5-7H,4H2,1-3H3. The molecule has 2 rings (SSSR count). The first-order valence-corrected chi connectivity index (χ1v) is 5.53. The summed E-state index contributed by atoms with van der Waals surface area (Å²) in [7, 11) is 0. The Labute approximate surface area is 83.2 Å². The van der Waals surface area contributed by atoms with E-state index in [2.05, 4.69) is 39.0 Å². The van der Waals surface area contributed by atoms with E-state index in [0.29, 0.717) is 0 Å².